The van der Waals surface area contributed by atoms with Crippen molar-refractivity contribution in [3.05, 3.63) is 41.0 Å². The van der Waals surface area contributed by atoms with Gasteiger partial charge in [-0.3, -0.25) is 14.4 Å². The Balaban J connectivity index is 1.62. The number of benzene rings is 1. The predicted molar refractivity (Wildman–Crippen MR) is 174 cm³/mol. The molecule has 45 heavy (non-hydrogen) atoms. The molecule has 2 heterocycles. The monoisotopic (exact) mass is 643 g/mol. The van der Waals surface area contributed by atoms with E-state index in [1.807, 2.05) is 64.4 Å². The summed E-state index contributed by atoms with van der Waals surface area (Å²) in [6.07, 6.45) is -0.752. The zero-order valence-corrected chi connectivity index (χ0v) is 28.8. The van der Waals surface area contributed by atoms with Crippen LogP contribution in [0.15, 0.2) is 29.8 Å². The van der Waals surface area contributed by atoms with Crippen LogP contribution < -0.4 is 10.6 Å². The third-order valence-corrected chi connectivity index (χ3v) is 8.64. The highest BCUT2D eigenvalue weighted by atomic mass is 32.1. The Morgan fingerprint density at radius 2 is 1.76 bits per heavy atom. The number of likely N-dealkylation sites (tertiary alicyclic amines) is 1. The number of aryl methyl sites for hydroxylation is 1. The van der Waals surface area contributed by atoms with Gasteiger partial charge in [-0.1, -0.05) is 45.0 Å². The van der Waals surface area contributed by atoms with Crippen LogP contribution in [0.2, 0.25) is 0 Å². The van der Waals surface area contributed by atoms with E-state index in [0.717, 1.165) is 21.7 Å². The van der Waals surface area contributed by atoms with E-state index >= 15 is 0 Å². The first-order valence-electron chi connectivity index (χ1n) is 15.4. The number of aliphatic hydroxyl groups is 1. The molecular formula is C33H49N5O6S. The van der Waals surface area contributed by atoms with E-state index in [4.69, 9.17) is 4.74 Å². The standard InChI is InChI=1S/C33H49N5O6S/c1-20(22-12-14-23(15-13-22)27-21(2)34-19-45-27)35-29(41)25-17-24(39)18-38(25)30(42)28(32(3,4)5)36-26(40)11-10-16-37(9)31(43)44-33(6,7)8/h12-15,19-20,24-25,28,39H,10-11,16-18H2,1-9H3,(H,35,41)(H,36,40)/t20-,24+,25-,28+/m0/s1. The molecule has 1 aromatic carbocycles. The number of aliphatic hydroxyl groups excluding tert-OH is 1. The molecule has 1 aromatic heterocycles. The minimum absolute atomic E-state index is 0.00265. The number of hydrogen-bond donors (Lipinski definition) is 3. The van der Waals surface area contributed by atoms with E-state index in [1.54, 1.807) is 39.2 Å². The van der Waals surface area contributed by atoms with Crippen molar-refractivity contribution in [2.45, 2.75) is 104 Å². The van der Waals surface area contributed by atoms with Crippen LogP contribution in [-0.4, -0.2) is 87.6 Å². The Morgan fingerprint density at radius 1 is 1.11 bits per heavy atom. The first-order valence-corrected chi connectivity index (χ1v) is 16.3. The van der Waals surface area contributed by atoms with Crippen molar-refractivity contribution >= 4 is 35.2 Å². The van der Waals surface area contributed by atoms with Crippen LogP contribution in [0.1, 0.15) is 85.0 Å². The zero-order valence-electron chi connectivity index (χ0n) is 28.0. The van der Waals surface area contributed by atoms with Gasteiger partial charge in [-0.05, 0) is 57.6 Å². The number of nitrogens with one attached hydrogen (secondary N) is 2. The van der Waals surface area contributed by atoms with Crippen molar-refractivity contribution in [3.8, 4) is 10.4 Å². The van der Waals surface area contributed by atoms with Gasteiger partial charge in [-0.15, -0.1) is 11.3 Å². The van der Waals surface area contributed by atoms with Gasteiger partial charge in [0.25, 0.3) is 0 Å². The molecule has 4 atom stereocenters. The maximum atomic E-state index is 13.9. The average Bonchev–Trinajstić information content (AvgIpc) is 3.55. The summed E-state index contributed by atoms with van der Waals surface area (Å²) in [6, 6.07) is 5.79. The number of amides is 4. The molecule has 1 saturated heterocycles. The summed E-state index contributed by atoms with van der Waals surface area (Å²) >= 11 is 1.58. The van der Waals surface area contributed by atoms with Crippen molar-refractivity contribution in [3.63, 3.8) is 0 Å². The van der Waals surface area contributed by atoms with Gasteiger partial charge in [-0.2, -0.15) is 0 Å². The summed E-state index contributed by atoms with van der Waals surface area (Å²) in [5.41, 5.74) is 3.45. The molecular weight excluding hydrogens is 594 g/mol. The summed E-state index contributed by atoms with van der Waals surface area (Å²) in [7, 11) is 1.61. The quantitative estimate of drug-likeness (QED) is 0.348. The SMILES string of the molecule is Cc1ncsc1-c1ccc([C@H](C)NC(=O)[C@@H]2C[C@@H](O)CN2C(=O)[C@@H](NC(=O)CCCN(C)C(=O)OC(C)(C)C)C(C)(C)C)cc1. The molecule has 0 spiro atoms. The summed E-state index contributed by atoms with van der Waals surface area (Å²) in [4.78, 5) is 60.7. The number of β-amino-alcohol motifs (C(OH)–C–C–N with tert-alkyl or cyclic N) is 1. The lowest BCUT2D eigenvalue weighted by Crippen LogP contribution is -2.57. The lowest BCUT2D eigenvalue weighted by molar-refractivity contribution is -0.144. The highest BCUT2D eigenvalue weighted by molar-refractivity contribution is 7.13. The highest BCUT2D eigenvalue weighted by Gasteiger charge is 2.44. The van der Waals surface area contributed by atoms with Crippen molar-refractivity contribution in [2.24, 2.45) is 5.41 Å². The Labute approximate surface area is 270 Å². The van der Waals surface area contributed by atoms with E-state index < -0.39 is 41.2 Å². The first kappa shape index (κ1) is 36.0. The van der Waals surface area contributed by atoms with E-state index in [0.29, 0.717) is 13.0 Å². The van der Waals surface area contributed by atoms with Crippen molar-refractivity contribution in [1.29, 1.82) is 0 Å². The van der Waals surface area contributed by atoms with Crippen molar-refractivity contribution in [1.82, 2.24) is 25.4 Å². The predicted octanol–water partition coefficient (Wildman–Crippen LogP) is 4.44. The normalized spacial score (nSPS) is 18.2. The fourth-order valence-electron chi connectivity index (χ4n) is 5.16. The van der Waals surface area contributed by atoms with Crippen LogP contribution >= 0.6 is 11.3 Å². The van der Waals surface area contributed by atoms with E-state index in [2.05, 4.69) is 15.6 Å². The average molecular weight is 644 g/mol. The van der Waals surface area contributed by atoms with Crippen LogP contribution in [0.4, 0.5) is 4.79 Å². The van der Waals surface area contributed by atoms with Gasteiger partial charge >= 0.3 is 6.09 Å². The van der Waals surface area contributed by atoms with Crippen LogP contribution in [0.25, 0.3) is 10.4 Å². The number of ether oxygens (including phenoxy) is 1. The number of carbonyl (C=O) groups is 4. The Morgan fingerprint density at radius 3 is 2.31 bits per heavy atom. The molecule has 0 unspecified atom stereocenters. The number of carbonyl (C=O) groups excluding carboxylic acids is 4. The number of aromatic nitrogens is 1. The molecule has 11 nitrogen and oxygen atoms in total. The molecule has 2 aromatic rings. The molecule has 1 aliphatic heterocycles. The summed E-state index contributed by atoms with van der Waals surface area (Å²) in [5, 5.41) is 16.4. The minimum Gasteiger partial charge on any atom is -0.444 e. The Kier molecular flexibility index (Phi) is 11.8. The van der Waals surface area contributed by atoms with Crippen molar-refractivity contribution in [2.75, 3.05) is 20.1 Å². The third kappa shape index (κ3) is 9.99. The second-order valence-electron chi connectivity index (χ2n) is 13.9. The van der Waals surface area contributed by atoms with E-state index in [9.17, 15) is 24.3 Å². The Hall–Kier alpha value is -3.51. The zero-order chi connectivity index (χ0) is 33.7. The second kappa shape index (κ2) is 14.7. The van der Waals surface area contributed by atoms with Crippen LogP contribution in [-0.2, 0) is 19.1 Å². The van der Waals surface area contributed by atoms with Gasteiger partial charge in [0.15, 0.2) is 0 Å². The summed E-state index contributed by atoms with van der Waals surface area (Å²) in [5.74, 6) is -1.12. The lowest BCUT2D eigenvalue weighted by Gasteiger charge is -2.35. The molecule has 0 saturated carbocycles. The minimum atomic E-state index is -0.922. The number of hydrogen-bond acceptors (Lipinski definition) is 8. The molecule has 0 aliphatic carbocycles. The molecule has 1 aliphatic rings. The van der Waals surface area contributed by atoms with Gasteiger partial charge in [0.2, 0.25) is 17.7 Å². The van der Waals surface area contributed by atoms with E-state index in [-0.39, 0.29) is 37.2 Å². The van der Waals surface area contributed by atoms with E-state index in [1.165, 1.54) is 9.80 Å². The van der Waals surface area contributed by atoms with Gasteiger partial charge in [0.1, 0.15) is 17.7 Å². The number of thiazole rings is 1. The number of nitrogens with zero attached hydrogens (tertiary/aromatic N) is 3. The smallest absolute Gasteiger partial charge is 0.410 e. The molecule has 3 rings (SSSR count). The fourth-order valence-corrected chi connectivity index (χ4v) is 5.97. The Bertz CT molecular complexity index is 1350. The molecule has 3 N–H and O–H groups in total. The van der Waals surface area contributed by atoms with Crippen LogP contribution in [0.3, 0.4) is 0 Å². The molecule has 248 valence electrons. The van der Waals surface area contributed by atoms with Gasteiger partial charge in [0, 0.05) is 33.0 Å². The third-order valence-electron chi connectivity index (χ3n) is 7.66. The molecule has 0 bridgehead atoms. The fraction of sp³-hybridized carbons (Fsp3) is 0.606. The molecule has 0 radical (unpaired) electrons. The number of rotatable bonds is 10. The maximum absolute atomic E-state index is 13.9. The lowest BCUT2D eigenvalue weighted by atomic mass is 9.85. The topological polar surface area (TPSA) is 141 Å². The largest absolute Gasteiger partial charge is 0.444 e. The van der Waals surface area contributed by atoms with Crippen LogP contribution in [0, 0.1) is 12.3 Å². The van der Waals surface area contributed by atoms with Gasteiger partial charge in [0.05, 0.1) is 28.2 Å². The second-order valence-corrected chi connectivity index (χ2v) is 14.7. The molecule has 1 fully saturated rings. The van der Waals surface area contributed by atoms with Gasteiger partial charge in [-0.25, -0.2) is 9.78 Å². The highest BCUT2D eigenvalue weighted by Crippen LogP contribution is 2.29. The summed E-state index contributed by atoms with van der Waals surface area (Å²) in [6.45, 7) is 15.0. The molecule has 12 heteroatoms. The van der Waals surface area contributed by atoms with Crippen LogP contribution in [0.5, 0.6) is 0 Å². The first-order chi connectivity index (χ1) is 20.9. The molecule has 4 amide bonds. The maximum Gasteiger partial charge on any atom is 0.410 e. The van der Waals surface area contributed by atoms with Gasteiger partial charge < -0.3 is 30.3 Å². The summed E-state index contributed by atoms with van der Waals surface area (Å²) < 4.78 is 5.35. The van der Waals surface area contributed by atoms with Crippen molar-refractivity contribution < 1.29 is 29.0 Å².